The molecule has 6 nitrogen and oxygen atoms in total. The third kappa shape index (κ3) is 5.95. The fraction of sp³-hybridized carbons (Fsp3) is 0.438. The van der Waals surface area contributed by atoms with Crippen molar-refractivity contribution in [2.75, 3.05) is 7.11 Å². The second-order valence-electron chi connectivity index (χ2n) is 5.01. The molecule has 0 radical (unpaired) electrons. The molecule has 0 unspecified atom stereocenters. The second kappa shape index (κ2) is 8.81. The highest BCUT2D eigenvalue weighted by molar-refractivity contribution is 5.87. The summed E-state index contributed by atoms with van der Waals surface area (Å²) in [7, 11) is 1.25. The number of amides is 2. The van der Waals surface area contributed by atoms with Crippen LogP contribution in [0.25, 0.3) is 0 Å². The molecule has 0 bridgehead atoms. The number of rotatable bonds is 7. The number of benzene rings is 1. The first-order valence-electron chi connectivity index (χ1n) is 7.15. The summed E-state index contributed by atoms with van der Waals surface area (Å²) in [6, 6.07) is 8.73. The zero-order chi connectivity index (χ0) is 16.5. The quantitative estimate of drug-likeness (QED) is 0.744. The van der Waals surface area contributed by atoms with Crippen LogP contribution in [0, 0.1) is 0 Å². The Morgan fingerprint density at radius 1 is 1.00 bits per heavy atom. The molecule has 2 N–H and O–H groups in total. The van der Waals surface area contributed by atoms with Gasteiger partial charge >= 0.3 is 5.97 Å². The van der Waals surface area contributed by atoms with Crippen LogP contribution in [0.3, 0.4) is 0 Å². The van der Waals surface area contributed by atoms with Crippen LogP contribution in [-0.2, 0) is 19.1 Å². The van der Waals surface area contributed by atoms with E-state index in [2.05, 4.69) is 15.4 Å². The van der Waals surface area contributed by atoms with Gasteiger partial charge in [-0.2, -0.15) is 0 Å². The molecule has 1 aromatic rings. The van der Waals surface area contributed by atoms with Gasteiger partial charge in [0, 0.05) is 12.8 Å². The van der Waals surface area contributed by atoms with E-state index in [4.69, 9.17) is 0 Å². The normalized spacial score (nSPS) is 12.9. The SMILES string of the molecule is COC(=O)[C@H](C)NC(=O)CCC(=O)N[C@H](C)c1ccccc1. The molecule has 0 aliphatic carbocycles. The highest BCUT2D eigenvalue weighted by atomic mass is 16.5. The van der Waals surface area contributed by atoms with E-state index >= 15 is 0 Å². The lowest BCUT2D eigenvalue weighted by Crippen LogP contribution is -2.39. The maximum Gasteiger partial charge on any atom is 0.328 e. The molecule has 0 heterocycles. The van der Waals surface area contributed by atoms with Crippen molar-refractivity contribution < 1.29 is 19.1 Å². The minimum absolute atomic E-state index is 0.0225. The first-order valence-corrected chi connectivity index (χ1v) is 7.15. The molecule has 22 heavy (non-hydrogen) atoms. The van der Waals surface area contributed by atoms with Crippen molar-refractivity contribution in [2.24, 2.45) is 0 Å². The van der Waals surface area contributed by atoms with Crippen molar-refractivity contribution in [3.63, 3.8) is 0 Å². The van der Waals surface area contributed by atoms with E-state index in [-0.39, 0.29) is 30.7 Å². The molecule has 2 amide bonds. The van der Waals surface area contributed by atoms with Crippen LogP contribution in [0.1, 0.15) is 38.3 Å². The average molecular weight is 306 g/mol. The number of ether oxygens (including phenoxy) is 1. The minimum atomic E-state index is -0.719. The summed E-state index contributed by atoms with van der Waals surface area (Å²) >= 11 is 0. The van der Waals surface area contributed by atoms with Crippen LogP contribution >= 0.6 is 0 Å². The van der Waals surface area contributed by atoms with Crippen molar-refractivity contribution >= 4 is 17.8 Å². The summed E-state index contributed by atoms with van der Waals surface area (Å²) in [5.41, 5.74) is 1.000. The van der Waals surface area contributed by atoms with Gasteiger partial charge in [0.2, 0.25) is 11.8 Å². The highest BCUT2D eigenvalue weighted by Gasteiger charge is 2.17. The fourth-order valence-electron chi connectivity index (χ4n) is 1.92. The largest absolute Gasteiger partial charge is 0.467 e. The van der Waals surface area contributed by atoms with Gasteiger partial charge in [-0.15, -0.1) is 0 Å². The molecule has 0 aliphatic rings. The second-order valence-corrected chi connectivity index (χ2v) is 5.01. The van der Waals surface area contributed by atoms with Crippen LogP contribution in [0.2, 0.25) is 0 Å². The minimum Gasteiger partial charge on any atom is -0.467 e. The Hall–Kier alpha value is -2.37. The lowest BCUT2D eigenvalue weighted by Gasteiger charge is -2.15. The third-order valence-corrected chi connectivity index (χ3v) is 3.19. The molecule has 1 rings (SSSR count). The maximum absolute atomic E-state index is 11.8. The highest BCUT2D eigenvalue weighted by Crippen LogP contribution is 2.11. The van der Waals surface area contributed by atoms with Crippen LogP contribution in [0.5, 0.6) is 0 Å². The summed E-state index contributed by atoms with van der Waals surface area (Å²) in [4.78, 5) is 34.6. The van der Waals surface area contributed by atoms with Crippen molar-refractivity contribution in [2.45, 2.75) is 38.8 Å². The first-order chi connectivity index (χ1) is 10.4. The topological polar surface area (TPSA) is 84.5 Å². The zero-order valence-electron chi connectivity index (χ0n) is 13.1. The molecule has 0 saturated heterocycles. The third-order valence-electron chi connectivity index (χ3n) is 3.19. The Labute approximate surface area is 130 Å². The van der Waals surface area contributed by atoms with Crippen molar-refractivity contribution in [1.82, 2.24) is 10.6 Å². The van der Waals surface area contributed by atoms with Crippen molar-refractivity contribution in [3.8, 4) is 0 Å². The molecule has 0 saturated carbocycles. The molecule has 120 valence electrons. The van der Waals surface area contributed by atoms with Gasteiger partial charge in [0.1, 0.15) is 6.04 Å². The Kier molecular flexibility index (Phi) is 7.08. The predicted octanol–water partition coefficient (Wildman–Crippen LogP) is 1.32. The number of hydrogen-bond donors (Lipinski definition) is 2. The van der Waals surface area contributed by atoms with Gasteiger partial charge in [-0.3, -0.25) is 9.59 Å². The van der Waals surface area contributed by atoms with E-state index in [1.807, 2.05) is 37.3 Å². The van der Waals surface area contributed by atoms with Gasteiger partial charge in [0.05, 0.1) is 13.2 Å². The monoisotopic (exact) mass is 306 g/mol. The number of carbonyl (C=O) groups is 3. The van der Waals surface area contributed by atoms with E-state index in [0.717, 1.165) is 5.56 Å². The first kappa shape index (κ1) is 17.7. The van der Waals surface area contributed by atoms with E-state index in [9.17, 15) is 14.4 Å². The molecule has 6 heteroatoms. The van der Waals surface area contributed by atoms with Gasteiger partial charge in [0.25, 0.3) is 0 Å². The number of carbonyl (C=O) groups excluding carboxylic acids is 3. The van der Waals surface area contributed by atoms with E-state index in [0.29, 0.717) is 0 Å². The van der Waals surface area contributed by atoms with E-state index in [1.165, 1.54) is 14.0 Å². The lowest BCUT2D eigenvalue weighted by atomic mass is 10.1. The summed E-state index contributed by atoms with van der Waals surface area (Å²) in [5, 5.41) is 5.31. The van der Waals surface area contributed by atoms with Crippen LogP contribution in [-0.4, -0.2) is 30.9 Å². The molecule has 2 atom stereocenters. The Morgan fingerprint density at radius 3 is 2.09 bits per heavy atom. The Balaban J connectivity index is 2.34. The summed E-state index contributed by atoms with van der Waals surface area (Å²) in [5.74, 6) is -1.09. The Bertz CT molecular complexity index is 516. The summed E-state index contributed by atoms with van der Waals surface area (Å²) < 4.78 is 4.51. The summed E-state index contributed by atoms with van der Waals surface area (Å²) in [6.45, 7) is 3.41. The number of hydrogen-bond acceptors (Lipinski definition) is 4. The van der Waals surface area contributed by atoms with E-state index in [1.54, 1.807) is 0 Å². The van der Waals surface area contributed by atoms with Crippen LogP contribution in [0.15, 0.2) is 30.3 Å². The molecule has 0 aliphatic heterocycles. The molecular formula is C16H22N2O4. The number of esters is 1. The zero-order valence-corrected chi connectivity index (χ0v) is 13.1. The van der Waals surface area contributed by atoms with E-state index < -0.39 is 12.0 Å². The average Bonchev–Trinajstić information content (AvgIpc) is 2.52. The standard InChI is InChI=1S/C16H22N2O4/c1-11(13-7-5-4-6-8-13)17-14(19)9-10-15(20)18-12(2)16(21)22-3/h4-8,11-12H,9-10H2,1-3H3,(H,17,19)(H,18,20)/t11-,12+/m1/s1. The molecule has 0 spiro atoms. The van der Waals surface area contributed by atoms with Crippen molar-refractivity contribution in [3.05, 3.63) is 35.9 Å². The van der Waals surface area contributed by atoms with Gasteiger partial charge in [-0.1, -0.05) is 30.3 Å². The number of methoxy groups -OCH3 is 1. The molecule has 0 aromatic heterocycles. The van der Waals surface area contributed by atoms with Gasteiger partial charge in [-0.25, -0.2) is 4.79 Å². The van der Waals surface area contributed by atoms with Gasteiger partial charge < -0.3 is 15.4 Å². The number of nitrogens with one attached hydrogen (secondary N) is 2. The smallest absolute Gasteiger partial charge is 0.328 e. The summed E-state index contributed by atoms with van der Waals surface area (Å²) in [6.07, 6.45) is 0.0889. The fourth-order valence-corrected chi connectivity index (χ4v) is 1.92. The van der Waals surface area contributed by atoms with Crippen LogP contribution < -0.4 is 10.6 Å². The molecule has 0 fully saturated rings. The lowest BCUT2D eigenvalue weighted by molar-refractivity contribution is -0.144. The molecule has 1 aromatic carbocycles. The Morgan fingerprint density at radius 2 is 1.55 bits per heavy atom. The molecular weight excluding hydrogens is 284 g/mol. The van der Waals surface area contributed by atoms with Gasteiger partial charge in [0.15, 0.2) is 0 Å². The van der Waals surface area contributed by atoms with Crippen molar-refractivity contribution in [1.29, 1.82) is 0 Å². The van der Waals surface area contributed by atoms with Gasteiger partial charge in [-0.05, 0) is 19.4 Å². The maximum atomic E-state index is 11.8. The van der Waals surface area contributed by atoms with Crippen LogP contribution in [0.4, 0.5) is 0 Å². The predicted molar refractivity (Wildman–Crippen MR) is 81.9 cm³/mol.